The number of allylic oxidation sites excluding steroid dienone is 3. The number of fused-ring (bicyclic) bond motifs is 4. The van der Waals surface area contributed by atoms with Gasteiger partial charge in [0.25, 0.3) is 10.1 Å². The summed E-state index contributed by atoms with van der Waals surface area (Å²) < 4.78 is 36.9. The van der Waals surface area contributed by atoms with Crippen molar-refractivity contribution < 1.29 is 27.6 Å². The number of phenolic OH excluding ortho intramolecular Hbond substituents is 2. The maximum absolute atomic E-state index is 12.7. The Labute approximate surface area is 156 Å². The minimum Gasteiger partial charge on any atom is -0.508 e. The molecule has 0 bridgehead atoms. The summed E-state index contributed by atoms with van der Waals surface area (Å²) in [6.45, 7) is 5.11. The summed E-state index contributed by atoms with van der Waals surface area (Å²) in [6, 6.07) is 8.76. The van der Waals surface area contributed by atoms with Gasteiger partial charge in [-0.25, -0.2) is 4.18 Å². The maximum Gasteiger partial charge on any atom is 0.294 e. The van der Waals surface area contributed by atoms with Gasteiger partial charge in [-0.1, -0.05) is 24.8 Å². The van der Waals surface area contributed by atoms with E-state index in [2.05, 4.69) is 6.58 Å². The van der Waals surface area contributed by atoms with Crippen LogP contribution < -0.4 is 4.74 Å². The zero-order chi connectivity index (χ0) is 19.4. The summed E-state index contributed by atoms with van der Waals surface area (Å²) in [5.41, 5.74) is -0.220. The summed E-state index contributed by atoms with van der Waals surface area (Å²) in [6.07, 6.45) is 4.79. The van der Waals surface area contributed by atoms with E-state index in [-0.39, 0.29) is 27.9 Å². The van der Waals surface area contributed by atoms with Crippen LogP contribution in [0, 0.1) is 0 Å². The number of phenols is 2. The Morgan fingerprint density at radius 2 is 1.59 bits per heavy atom. The van der Waals surface area contributed by atoms with Gasteiger partial charge in [0, 0.05) is 28.8 Å². The lowest BCUT2D eigenvalue weighted by Gasteiger charge is -2.36. The molecule has 2 heterocycles. The average Bonchev–Trinajstić information content (AvgIpc) is 2.79. The topological polar surface area (TPSA) is 93.1 Å². The standard InChI is InChI=1S/C20H16O6S/c1-3-4-5-15-12(2)27(23,24)26-20(15)16-8-6-13(21)10-18(16)25-19-11-14(22)7-9-17(19)20/h3-11,21-22H,1H2,2H3/b5-4-. The molecule has 0 aliphatic carbocycles. The second-order valence-electron chi connectivity index (χ2n) is 6.25. The second kappa shape index (κ2) is 5.73. The molecule has 2 aromatic carbocycles. The first kappa shape index (κ1) is 17.4. The fourth-order valence-corrected chi connectivity index (χ4v) is 4.67. The molecule has 27 heavy (non-hydrogen) atoms. The number of benzene rings is 2. The van der Waals surface area contributed by atoms with Gasteiger partial charge in [0.2, 0.25) is 0 Å². The minimum atomic E-state index is -4.00. The SMILES string of the molecule is C=C/C=C\C1=C(C)S(=O)(=O)OC12c1ccc(O)cc1Oc1cc(O)ccc12. The van der Waals surface area contributed by atoms with E-state index in [0.717, 1.165) is 0 Å². The van der Waals surface area contributed by atoms with Gasteiger partial charge >= 0.3 is 0 Å². The molecule has 0 radical (unpaired) electrons. The molecule has 2 N–H and O–H groups in total. The molecule has 2 aliphatic heterocycles. The van der Waals surface area contributed by atoms with Crippen molar-refractivity contribution in [2.24, 2.45) is 0 Å². The largest absolute Gasteiger partial charge is 0.508 e. The first-order chi connectivity index (χ1) is 12.8. The van der Waals surface area contributed by atoms with Crippen LogP contribution in [-0.2, 0) is 19.9 Å². The van der Waals surface area contributed by atoms with Gasteiger partial charge in [-0.15, -0.1) is 0 Å². The first-order valence-corrected chi connectivity index (χ1v) is 9.51. The molecule has 0 atom stereocenters. The van der Waals surface area contributed by atoms with Gasteiger partial charge in [0.1, 0.15) is 23.0 Å². The quantitative estimate of drug-likeness (QED) is 0.604. The Balaban J connectivity index is 2.14. The predicted molar refractivity (Wildman–Crippen MR) is 99.1 cm³/mol. The van der Waals surface area contributed by atoms with E-state index in [1.54, 1.807) is 24.3 Å². The van der Waals surface area contributed by atoms with Crippen LogP contribution in [0.1, 0.15) is 18.1 Å². The molecule has 1 spiro atoms. The smallest absolute Gasteiger partial charge is 0.294 e. The number of aromatic hydroxyl groups is 2. The molecule has 0 amide bonds. The highest BCUT2D eigenvalue weighted by Crippen LogP contribution is 2.58. The van der Waals surface area contributed by atoms with Crippen molar-refractivity contribution in [3.8, 4) is 23.0 Å². The fraction of sp³-hybridized carbons (Fsp3) is 0.100. The van der Waals surface area contributed by atoms with E-state index < -0.39 is 15.7 Å². The molecule has 0 unspecified atom stereocenters. The van der Waals surface area contributed by atoms with Crippen LogP contribution in [0.25, 0.3) is 0 Å². The summed E-state index contributed by atoms with van der Waals surface area (Å²) in [7, 11) is -4.00. The molecule has 0 aromatic heterocycles. The van der Waals surface area contributed by atoms with Crippen molar-refractivity contribution in [1.82, 2.24) is 0 Å². The van der Waals surface area contributed by atoms with Crippen molar-refractivity contribution in [1.29, 1.82) is 0 Å². The van der Waals surface area contributed by atoms with Gasteiger partial charge in [0.15, 0.2) is 5.60 Å². The van der Waals surface area contributed by atoms with E-state index in [1.807, 2.05) is 0 Å². The normalized spacial score (nSPS) is 19.0. The zero-order valence-electron chi connectivity index (χ0n) is 14.3. The molecular formula is C20H16O6S. The average molecular weight is 384 g/mol. The third kappa shape index (κ3) is 2.39. The van der Waals surface area contributed by atoms with Crippen molar-refractivity contribution in [2.45, 2.75) is 12.5 Å². The van der Waals surface area contributed by atoms with Crippen LogP contribution in [0.2, 0.25) is 0 Å². The minimum absolute atomic E-state index is 0.0442. The lowest BCUT2D eigenvalue weighted by atomic mass is 9.77. The molecule has 4 rings (SSSR count). The first-order valence-electron chi connectivity index (χ1n) is 8.10. The zero-order valence-corrected chi connectivity index (χ0v) is 15.2. The molecule has 0 saturated carbocycles. The highest BCUT2D eigenvalue weighted by Gasteiger charge is 2.55. The second-order valence-corrected chi connectivity index (χ2v) is 7.93. The Kier molecular flexibility index (Phi) is 3.69. The van der Waals surface area contributed by atoms with Crippen LogP contribution in [0.15, 0.2) is 71.7 Å². The third-order valence-electron chi connectivity index (χ3n) is 4.68. The summed E-state index contributed by atoms with van der Waals surface area (Å²) in [5, 5.41) is 19.7. The number of hydrogen-bond donors (Lipinski definition) is 2. The maximum atomic E-state index is 12.7. The molecule has 138 valence electrons. The molecule has 2 aliphatic rings. The van der Waals surface area contributed by atoms with Crippen molar-refractivity contribution >= 4 is 10.1 Å². The van der Waals surface area contributed by atoms with E-state index >= 15 is 0 Å². The van der Waals surface area contributed by atoms with Gasteiger partial charge in [-0.2, -0.15) is 8.42 Å². The van der Waals surface area contributed by atoms with E-state index in [0.29, 0.717) is 16.7 Å². The molecule has 0 fully saturated rings. The van der Waals surface area contributed by atoms with E-state index in [9.17, 15) is 18.6 Å². The Morgan fingerprint density at radius 3 is 2.11 bits per heavy atom. The van der Waals surface area contributed by atoms with Crippen LogP contribution in [0.5, 0.6) is 23.0 Å². The van der Waals surface area contributed by atoms with Crippen LogP contribution in [0.4, 0.5) is 0 Å². The Hall–Kier alpha value is -3.03. The van der Waals surface area contributed by atoms with Gasteiger partial charge < -0.3 is 14.9 Å². The summed E-state index contributed by atoms with van der Waals surface area (Å²) in [4.78, 5) is 0.0700. The Morgan fingerprint density at radius 1 is 1.04 bits per heavy atom. The van der Waals surface area contributed by atoms with E-state index in [1.165, 1.54) is 37.3 Å². The summed E-state index contributed by atoms with van der Waals surface area (Å²) >= 11 is 0. The number of hydrogen-bond acceptors (Lipinski definition) is 6. The van der Waals surface area contributed by atoms with Crippen molar-refractivity contribution in [3.05, 3.63) is 82.8 Å². The molecule has 0 saturated heterocycles. The molecular weight excluding hydrogens is 368 g/mol. The highest BCUT2D eigenvalue weighted by molar-refractivity contribution is 7.91. The lowest BCUT2D eigenvalue weighted by molar-refractivity contribution is 0.161. The van der Waals surface area contributed by atoms with Gasteiger partial charge in [-0.3, -0.25) is 0 Å². The van der Waals surface area contributed by atoms with Crippen LogP contribution in [-0.4, -0.2) is 18.6 Å². The third-order valence-corrected chi connectivity index (χ3v) is 6.12. The van der Waals surface area contributed by atoms with E-state index in [4.69, 9.17) is 8.92 Å². The monoisotopic (exact) mass is 384 g/mol. The number of rotatable bonds is 2. The highest BCUT2D eigenvalue weighted by atomic mass is 32.2. The van der Waals surface area contributed by atoms with Gasteiger partial charge in [-0.05, 0) is 31.2 Å². The predicted octanol–water partition coefficient (Wildman–Crippen LogP) is 3.82. The van der Waals surface area contributed by atoms with Gasteiger partial charge in [0.05, 0.1) is 4.91 Å². The lowest BCUT2D eigenvalue weighted by Crippen LogP contribution is -2.33. The number of ether oxygens (including phenoxy) is 1. The molecule has 2 aromatic rings. The Bertz CT molecular complexity index is 1090. The molecule has 6 nitrogen and oxygen atoms in total. The van der Waals surface area contributed by atoms with Crippen LogP contribution in [0.3, 0.4) is 0 Å². The van der Waals surface area contributed by atoms with Crippen molar-refractivity contribution in [3.63, 3.8) is 0 Å². The van der Waals surface area contributed by atoms with Crippen molar-refractivity contribution in [2.75, 3.05) is 0 Å². The molecule has 7 heteroatoms. The van der Waals surface area contributed by atoms with Crippen LogP contribution >= 0.6 is 0 Å². The summed E-state index contributed by atoms with van der Waals surface area (Å²) in [5.74, 6) is 0.388. The fourth-order valence-electron chi connectivity index (χ4n) is 3.47.